The van der Waals surface area contributed by atoms with Gasteiger partial charge in [-0.3, -0.25) is 0 Å². The van der Waals surface area contributed by atoms with Gasteiger partial charge in [-0.1, -0.05) is 127 Å². The summed E-state index contributed by atoms with van der Waals surface area (Å²) in [6, 6.07) is 62.2. The molecular formula is C48H31NOS. The molecular weight excluding hydrogens is 639 g/mol. The van der Waals surface area contributed by atoms with Gasteiger partial charge < -0.3 is 9.64 Å². The smallest absolute Gasteiger partial charge is 0.140 e. The Labute approximate surface area is 300 Å². The lowest BCUT2D eigenvalue weighted by atomic mass is 9.65. The van der Waals surface area contributed by atoms with Crippen molar-refractivity contribution in [3.63, 3.8) is 0 Å². The Morgan fingerprint density at radius 1 is 0.510 bits per heavy atom. The minimum absolute atomic E-state index is 0.575. The molecule has 0 amide bonds. The summed E-state index contributed by atoms with van der Waals surface area (Å²) in [4.78, 5) is 2.49. The zero-order valence-electron chi connectivity index (χ0n) is 27.9. The van der Waals surface area contributed by atoms with Crippen LogP contribution < -0.4 is 9.64 Å². The van der Waals surface area contributed by atoms with Gasteiger partial charge in [-0.15, -0.1) is 11.3 Å². The summed E-state index contributed by atoms with van der Waals surface area (Å²) in [5, 5.41) is 4.88. The van der Waals surface area contributed by atoms with Crippen LogP contribution in [0.1, 0.15) is 27.8 Å². The van der Waals surface area contributed by atoms with Crippen LogP contribution in [0.15, 0.2) is 170 Å². The van der Waals surface area contributed by atoms with Crippen LogP contribution in [-0.4, -0.2) is 0 Å². The van der Waals surface area contributed by atoms with Gasteiger partial charge in [0.25, 0.3) is 0 Å². The number of aryl methyl sites for hydroxylation is 1. The van der Waals surface area contributed by atoms with E-state index in [-0.39, 0.29) is 0 Å². The van der Waals surface area contributed by atoms with Crippen molar-refractivity contribution in [2.75, 3.05) is 4.90 Å². The highest BCUT2D eigenvalue weighted by atomic mass is 32.1. The lowest BCUT2D eigenvalue weighted by molar-refractivity contribution is 0.441. The fourth-order valence-electron chi connectivity index (χ4n) is 8.92. The Morgan fingerprint density at radius 2 is 1.22 bits per heavy atom. The van der Waals surface area contributed by atoms with E-state index < -0.39 is 5.41 Å². The first kappa shape index (κ1) is 28.7. The molecule has 0 fully saturated rings. The fraction of sp³-hybridized carbons (Fsp3) is 0.0417. The van der Waals surface area contributed by atoms with E-state index in [4.69, 9.17) is 4.74 Å². The molecule has 1 aromatic heterocycles. The highest BCUT2D eigenvalue weighted by Gasteiger charge is 2.51. The molecule has 240 valence electrons. The van der Waals surface area contributed by atoms with E-state index in [1.54, 1.807) is 0 Å². The normalized spacial score (nSPS) is 15.4. The molecule has 8 aromatic carbocycles. The molecule has 3 heteroatoms. The van der Waals surface area contributed by atoms with Crippen molar-refractivity contribution in [1.82, 2.24) is 0 Å². The minimum atomic E-state index is -0.575. The number of ether oxygens (including phenoxy) is 1. The third-order valence-electron chi connectivity index (χ3n) is 11.1. The van der Waals surface area contributed by atoms with Crippen LogP contribution in [0.25, 0.3) is 42.1 Å². The monoisotopic (exact) mass is 669 g/mol. The van der Waals surface area contributed by atoms with Gasteiger partial charge >= 0.3 is 0 Å². The van der Waals surface area contributed by atoms with Crippen LogP contribution in [-0.2, 0) is 5.41 Å². The highest BCUT2D eigenvalue weighted by molar-refractivity contribution is 7.26. The van der Waals surface area contributed by atoms with E-state index in [2.05, 4.69) is 182 Å². The number of hydrogen-bond donors (Lipinski definition) is 0. The maximum Gasteiger partial charge on any atom is 0.140 e. The number of benzene rings is 8. The molecule has 1 aliphatic carbocycles. The number of thiophene rings is 1. The quantitative estimate of drug-likeness (QED) is 0.186. The van der Waals surface area contributed by atoms with Crippen molar-refractivity contribution < 1.29 is 4.74 Å². The van der Waals surface area contributed by atoms with Crippen LogP contribution in [0.5, 0.6) is 11.5 Å². The first-order valence-corrected chi connectivity index (χ1v) is 18.3. The molecule has 0 bridgehead atoms. The van der Waals surface area contributed by atoms with E-state index in [1.807, 2.05) is 11.3 Å². The standard InChI is InChI=1S/C48H31NOS/c1-30-13-2-9-20-41(30)49(42-21-12-24-45-46(42)36-17-6-11-23-44(36)51-45)32-26-27-35-34-16-5-7-18-37(34)48(40(35)29-32)38-19-8-10-22-43(38)50-47-33-15-4-3-14-31(33)25-28-39(47)48/h2-29H,1H3. The predicted molar refractivity (Wildman–Crippen MR) is 214 cm³/mol. The largest absolute Gasteiger partial charge is 0.456 e. The van der Waals surface area contributed by atoms with Crippen molar-refractivity contribution in [2.45, 2.75) is 12.3 Å². The second-order valence-corrected chi connectivity index (χ2v) is 14.7. The Balaban J connectivity index is 1.26. The highest BCUT2D eigenvalue weighted by Crippen LogP contribution is 2.63. The molecule has 1 unspecified atom stereocenters. The first-order valence-electron chi connectivity index (χ1n) is 17.5. The first-order chi connectivity index (χ1) is 25.2. The molecule has 11 rings (SSSR count). The molecule has 0 saturated heterocycles. The van der Waals surface area contributed by atoms with E-state index >= 15 is 0 Å². The van der Waals surface area contributed by atoms with Crippen LogP contribution in [0.3, 0.4) is 0 Å². The lowest BCUT2D eigenvalue weighted by Crippen LogP contribution is -2.32. The molecule has 2 nitrogen and oxygen atoms in total. The van der Waals surface area contributed by atoms with Gasteiger partial charge in [0.05, 0.1) is 11.1 Å². The van der Waals surface area contributed by atoms with E-state index in [1.165, 1.54) is 75.9 Å². The molecule has 51 heavy (non-hydrogen) atoms. The molecule has 0 radical (unpaired) electrons. The van der Waals surface area contributed by atoms with Crippen LogP contribution in [0, 0.1) is 6.92 Å². The molecule has 1 aliphatic heterocycles. The van der Waals surface area contributed by atoms with Crippen molar-refractivity contribution in [1.29, 1.82) is 0 Å². The number of para-hydroxylation sites is 2. The van der Waals surface area contributed by atoms with E-state index in [9.17, 15) is 0 Å². The summed E-state index contributed by atoms with van der Waals surface area (Å²) in [6.07, 6.45) is 0. The second kappa shape index (κ2) is 10.7. The molecule has 0 saturated carbocycles. The Morgan fingerprint density at radius 3 is 2.14 bits per heavy atom. The fourth-order valence-corrected chi connectivity index (χ4v) is 10.0. The predicted octanol–water partition coefficient (Wildman–Crippen LogP) is 13.5. The van der Waals surface area contributed by atoms with Gasteiger partial charge in [-0.05, 0) is 82.6 Å². The Hall–Kier alpha value is -6.16. The summed E-state index contributed by atoms with van der Waals surface area (Å²) in [7, 11) is 0. The van der Waals surface area contributed by atoms with Crippen molar-refractivity contribution in [3.05, 3.63) is 198 Å². The second-order valence-electron chi connectivity index (χ2n) is 13.7. The third kappa shape index (κ3) is 3.87. The van der Waals surface area contributed by atoms with E-state index in [0.29, 0.717) is 0 Å². The zero-order chi connectivity index (χ0) is 33.7. The van der Waals surface area contributed by atoms with Crippen LogP contribution in [0.4, 0.5) is 17.1 Å². The van der Waals surface area contributed by atoms with Crippen LogP contribution >= 0.6 is 11.3 Å². The number of rotatable bonds is 3. The topological polar surface area (TPSA) is 12.5 Å². The number of nitrogens with zero attached hydrogens (tertiary/aromatic N) is 1. The van der Waals surface area contributed by atoms with Crippen molar-refractivity contribution in [2.24, 2.45) is 0 Å². The average molecular weight is 670 g/mol. The lowest BCUT2D eigenvalue weighted by Gasteiger charge is -2.40. The molecule has 1 spiro atoms. The number of fused-ring (bicyclic) bond motifs is 14. The van der Waals surface area contributed by atoms with Crippen LogP contribution in [0.2, 0.25) is 0 Å². The summed E-state index contributed by atoms with van der Waals surface area (Å²) >= 11 is 1.86. The maximum absolute atomic E-state index is 6.91. The van der Waals surface area contributed by atoms with Gasteiger partial charge in [0.15, 0.2) is 0 Å². The Bertz CT molecular complexity index is 2880. The van der Waals surface area contributed by atoms with Gasteiger partial charge in [0, 0.05) is 48.1 Å². The third-order valence-corrected chi connectivity index (χ3v) is 12.2. The molecule has 9 aromatic rings. The summed E-state index contributed by atoms with van der Waals surface area (Å²) in [5.74, 6) is 1.84. The van der Waals surface area contributed by atoms with Gasteiger partial charge in [0.2, 0.25) is 0 Å². The van der Waals surface area contributed by atoms with Gasteiger partial charge in [0.1, 0.15) is 11.5 Å². The van der Waals surface area contributed by atoms with Gasteiger partial charge in [-0.2, -0.15) is 0 Å². The zero-order valence-corrected chi connectivity index (χ0v) is 28.7. The SMILES string of the molecule is Cc1ccccc1N(c1ccc2c(c1)C1(c3ccccc3Oc3c1ccc1ccccc31)c1ccccc1-2)c1cccc2sc3ccccc3c12. The minimum Gasteiger partial charge on any atom is -0.456 e. The van der Waals surface area contributed by atoms with Crippen molar-refractivity contribution in [3.8, 4) is 22.6 Å². The van der Waals surface area contributed by atoms with Crippen molar-refractivity contribution >= 4 is 59.3 Å². The average Bonchev–Trinajstić information content (AvgIpc) is 3.70. The summed E-state index contributed by atoms with van der Waals surface area (Å²) in [5.41, 5.74) is 11.6. The maximum atomic E-state index is 6.91. The Kier molecular flexibility index (Phi) is 5.99. The molecule has 1 atom stereocenters. The number of anilines is 3. The van der Waals surface area contributed by atoms with E-state index in [0.717, 1.165) is 22.6 Å². The summed E-state index contributed by atoms with van der Waals surface area (Å²) in [6.45, 7) is 2.22. The number of hydrogen-bond acceptors (Lipinski definition) is 3. The molecule has 0 N–H and O–H groups in total. The van der Waals surface area contributed by atoms with Gasteiger partial charge in [-0.25, -0.2) is 0 Å². The molecule has 2 aliphatic rings. The molecule has 2 heterocycles. The summed E-state index contributed by atoms with van der Waals surface area (Å²) < 4.78 is 9.50.